The van der Waals surface area contributed by atoms with Crippen molar-refractivity contribution in [3.05, 3.63) is 27.8 Å². The van der Waals surface area contributed by atoms with Crippen molar-refractivity contribution in [3.8, 4) is 0 Å². The van der Waals surface area contributed by atoms with Gasteiger partial charge in [-0.15, -0.1) is 0 Å². The highest BCUT2D eigenvalue weighted by Crippen LogP contribution is 2.22. The van der Waals surface area contributed by atoms with Crippen LogP contribution in [-0.2, 0) is 10.2 Å². The highest BCUT2D eigenvalue weighted by molar-refractivity contribution is 14.1. The molecule has 0 aromatic heterocycles. The van der Waals surface area contributed by atoms with Crippen LogP contribution >= 0.6 is 22.6 Å². The number of para-hydroxylation sites is 1. The Morgan fingerprint density at radius 1 is 1.42 bits per heavy atom. The van der Waals surface area contributed by atoms with Crippen LogP contribution in [0.3, 0.4) is 0 Å². The van der Waals surface area contributed by atoms with Crippen molar-refractivity contribution >= 4 is 38.5 Å². The molecule has 2 rings (SSSR count). The maximum absolute atomic E-state index is 12.3. The number of anilines is 1. The number of piperidine rings is 1. The third-order valence-corrected chi connectivity index (χ3v) is 5.70. The summed E-state index contributed by atoms with van der Waals surface area (Å²) in [6.07, 6.45) is 1.88. The number of nitrogens with two attached hydrogens (primary N) is 1. The van der Waals surface area contributed by atoms with Gasteiger partial charge in [-0.2, -0.15) is 12.7 Å². The Morgan fingerprint density at radius 2 is 2.16 bits per heavy atom. The van der Waals surface area contributed by atoms with E-state index in [1.165, 1.54) is 4.31 Å². The van der Waals surface area contributed by atoms with E-state index in [0.717, 1.165) is 16.4 Å². The van der Waals surface area contributed by atoms with Gasteiger partial charge in [0.1, 0.15) is 0 Å². The van der Waals surface area contributed by atoms with E-state index in [4.69, 9.17) is 5.73 Å². The van der Waals surface area contributed by atoms with Crippen molar-refractivity contribution in [2.75, 3.05) is 24.4 Å². The van der Waals surface area contributed by atoms with Gasteiger partial charge in [-0.05, 0) is 60.0 Å². The van der Waals surface area contributed by atoms with Gasteiger partial charge in [-0.3, -0.25) is 4.72 Å². The second-order valence-corrected chi connectivity index (χ2v) is 7.52. The molecule has 19 heavy (non-hydrogen) atoms. The average Bonchev–Trinajstić information content (AvgIpc) is 2.41. The summed E-state index contributed by atoms with van der Waals surface area (Å²) in [6, 6.07) is 7.34. The zero-order chi connectivity index (χ0) is 13.9. The third-order valence-electron chi connectivity index (χ3n) is 3.27. The zero-order valence-corrected chi connectivity index (χ0v) is 13.5. The van der Waals surface area contributed by atoms with Crippen LogP contribution in [0.1, 0.15) is 12.8 Å². The van der Waals surface area contributed by atoms with Crippen molar-refractivity contribution in [1.82, 2.24) is 4.31 Å². The molecule has 1 atom stereocenters. The molecule has 7 heteroatoms. The van der Waals surface area contributed by atoms with Crippen LogP contribution in [-0.4, -0.2) is 32.4 Å². The van der Waals surface area contributed by atoms with Gasteiger partial charge in [0.2, 0.25) is 0 Å². The van der Waals surface area contributed by atoms with Gasteiger partial charge in [0.25, 0.3) is 0 Å². The summed E-state index contributed by atoms with van der Waals surface area (Å²) >= 11 is 2.12. The molecule has 0 aliphatic carbocycles. The SMILES string of the molecule is NCC1CCCN(S(=O)(=O)Nc2ccccc2I)C1. The summed E-state index contributed by atoms with van der Waals surface area (Å²) in [7, 11) is -3.48. The predicted octanol–water partition coefficient (Wildman–Crippen LogP) is 1.62. The Hall–Kier alpha value is -0.380. The minimum atomic E-state index is -3.48. The monoisotopic (exact) mass is 395 g/mol. The standard InChI is InChI=1S/C12H18IN3O2S/c13-11-5-1-2-6-12(11)15-19(17,18)16-7-3-4-10(8-14)9-16/h1-2,5-6,10,15H,3-4,7-9,14H2. The largest absolute Gasteiger partial charge is 0.330 e. The molecule has 1 aromatic rings. The lowest BCUT2D eigenvalue weighted by molar-refractivity contribution is 0.273. The lowest BCUT2D eigenvalue weighted by Crippen LogP contribution is -2.44. The summed E-state index contributed by atoms with van der Waals surface area (Å²) < 4.78 is 29.7. The first kappa shape index (κ1) is 15.0. The fraction of sp³-hybridized carbons (Fsp3) is 0.500. The first-order chi connectivity index (χ1) is 9.03. The van der Waals surface area contributed by atoms with Crippen molar-refractivity contribution in [2.45, 2.75) is 12.8 Å². The Morgan fingerprint density at radius 3 is 2.84 bits per heavy atom. The number of nitrogens with zero attached hydrogens (tertiary/aromatic N) is 1. The minimum Gasteiger partial charge on any atom is -0.330 e. The molecule has 5 nitrogen and oxygen atoms in total. The number of halogens is 1. The molecule has 106 valence electrons. The van der Waals surface area contributed by atoms with Gasteiger partial charge in [-0.25, -0.2) is 0 Å². The number of hydrogen-bond acceptors (Lipinski definition) is 3. The lowest BCUT2D eigenvalue weighted by Gasteiger charge is -2.31. The van der Waals surface area contributed by atoms with E-state index in [0.29, 0.717) is 25.3 Å². The van der Waals surface area contributed by atoms with Crippen LogP contribution in [0.4, 0.5) is 5.69 Å². The van der Waals surface area contributed by atoms with E-state index in [9.17, 15) is 8.42 Å². The predicted molar refractivity (Wildman–Crippen MR) is 85.1 cm³/mol. The molecule has 0 saturated carbocycles. The van der Waals surface area contributed by atoms with Crippen LogP contribution in [0, 0.1) is 9.49 Å². The van der Waals surface area contributed by atoms with E-state index >= 15 is 0 Å². The first-order valence-corrected chi connectivity index (χ1v) is 8.77. The fourth-order valence-corrected chi connectivity index (χ4v) is 4.25. The second-order valence-electron chi connectivity index (χ2n) is 4.69. The molecule has 1 aliphatic rings. The maximum Gasteiger partial charge on any atom is 0.301 e. The number of hydrogen-bond donors (Lipinski definition) is 2. The lowest BCUT2D eigenvalue weighted by atomic mass is 10.0. The molecular formula is C12H18IN3O2S. The van der Waals surface area contributed by atoms with E-state index < -0.39 is 10.2 Å². The first-order valence-electron chi connectivity index (χ1n) is 6.25. The van der Waals surface area contributed by atoms with Gasteiger partial charge in [0.15, 0.2) is 0 Å². The van der Waals surface area contributed by atoms with Gasteiger partial charge in [-0.1, -0.05) is 12.1 Å². The zero-order valence-electron chi connectivity index (χ0n) is 10.5. The Bertz CT molecular complexity index is 536. The maximum atomic E-state index is 12.3. The van der Waals surface area contributed by atoms with Gasteiger partial charge in [0.05, 0.1) is 5.69 Å². The molecule has 1 aromatic carbocycles. The fourth-order valence-electron chi connectivity index (χ4n) is 2.19. The summed E-state index contributed by atoms with van der Waals surface area (Å²) in [5.74, 6) is 0.264. The van der Waals surface area contributed by atoms with Crippen LogP contribution in [0.2, 0.25) is 0 Å². The summed E-state index contributed by atoms with van der Waals surface area (Å²) in [4.78, 5) is 0. The van der Waals surface area contributed by atoms with Crippen LogP contribution in [0.25, 0.3) is 0 Å². The molecule has 1 saturated heterocycles. The molecule has 3 N–H and O–H groups in total. The number of rotatable bonds is 4. The highest BCUT2D eigenvalue weighted by Gasteiger charge is 2.28. The Balaban J connectivity index is 2.12. The van der Waals surface area contributed by atoms with Gasteiger partial charge >= 0.3 is 10.2 Å². The Labute approximate surface area is 127 Å². The molecule has 1 aliphatic heterocycles. The van der Waals surface area contributed by atoms with Crippen molar-refractivity contribution in [1.29, 1.82) is 0 Å². The molecular weight excluding hydrogens is 377 g/mol. The van der Waals surface area contributed by atoms with Crippen LogP contribution in [0.5, 0.6) is 0 Å². The number of nitrogens with one attached hydrogen (secondary N) is 1. The molecule has 0 radical (unpaired) electrons. The smallest absolute Gasteiger partial charge is 0.301 e. The Kier molecular flexibility index (Phi) is 5.04. The normalized spacial score (nSPS) is 21.3. The van der Waals surface area contributed by atoms with Gasteiger partial charge in [0, 0.05) is 16.7 Å². The molecule has 1 unspecified atom stereocenters. The van der Waals surface area contributed by atoms with E-state index in [1.807, 2.05) is 18.2 Å². The summed E-state index contributed by atoms with van der Waals surface area (Å²) in [5, 5.41) is 0. The highest BCUT2D eigenvalue weighted by atomic mass is 127. The van der Waals surface area contributed by atoms with E-state index in [1.54, 1.807) is 6.07 Å². The minimum absolute atomic E-state index is 0.264. The summed E-state index contributed by atoms with van der Waals surface area (Å²) in [6.45, 7) is 1.61. The molecule has 0 amide bonds. The summed E-state index contributed by atoms with van der Waals surface area (Å²) in [5.41, 5.74) is 6.27. The van der Waals surface area contributed by atoms with Gasteiger partial charge < -0.3 is 5.73 Å². The van der Waals surface area contributed by atoms with Crippen molar-refractivity contribution < 1.29 is 8.42 Å². The van der Waals surface area contributed by atoms with Crippen molar-refractivity contribution in [2.24, 2.45) is 11.7 Å². The van der Waals surface area contributed by atoms with E-state index in [-0.39, 0.29) is 5.92 Å². The van der Waals surface area contributed by atoms with Crippen molar-refractivity contribution in [3.63, 3.8) is 0 Å². The van der Waals surface area contributed by atoms with E-state index in [2.05, 4.69) is 27.3 Å². The molecule has 0 bridgehead atoms. The van der Waals surface area contributed by atoms with Crippen LogP contribution in [0.15, 0.2) is 24.3 Å². The third kappa shape index (κ3) is 3.80. The molecule has 1 heterocycles. The average molecular weight is 395 g/mol. The second kappa shape index (κ2) is 6.38. The number of benzene rings is 1. The van der Waals surface area contributed by atoms with Crippen LogP contribution < -0.4 is 10.5 Å². The quantitative estimate of drug-likeness (QED) is 0.761. The molecule has 1 fully saturated rings. The molecule has 0 spiro atoms. The topological polar surface area (TPSA) is 75.4 Å².